The number of hydrogen-bond donors (Lipinski definition) is 0. The van der Waals surface area contributed by atoms with Crippen molar-refractivity contribution in [2.75, 3.05) is 24.6 Å². The highest BCUT2D eigenvalue weighted by Crippen LogP contribution is 2.14. The fraction of sp³-hybridized carbons (Fsp3) is 0.727. The van der Waals surface area contributed by atoms with Gasteiger partial charge in [0.05, 0.1) is 0 Å². The molecule has 0 aromatic heterocycles. The summed E-state index contributed by atoms with van der Waals surface area (Å²) in [5, 5.41) is 0. The van der Waals surface area contributed by atoms with Crippen LogP contribution < -0.4 is 0 Å². The van der Waals surface area contributed by atoms with Crippen molar-refractivity contribution in [1.29, 1.82) is 0 Å². The van der Waals surface area contributed by atoms with Crippen molar-refractivity contribution >= 4 is 17.5 Å². The number of ketones is 1. The zero-order valence-corrected chi connectivity index (χ0v) is 9.68. The fourth-order valence-electron chi connectivity index (χ4n) is 1.73. The van der Waals surface area contributed by atoms with Crippen LogP contribution in [0.5, 0.6) is 0 Å². The summed E-state index contributed by atoms with van der Waals surface area (Å²) in [6, 6.07) is 0.445. The van der Waals surface area contributed by atoms with Crippen molar-refractivity contribution in [3.05, 3.63) is 12.7 Å². The summed E-state index contributed by atoms with van der Waals surface area (Å²) in [4.78, 5) is 13.6. The van der Waals surface area contributed by atoms with Gasteiger partial charge in [0.15, 0.2) is 0 Å². The number of hydrogen-bond acceptors (Lipinski definition) is 3. The van der Waals surface area contributed by atoms with Crippen LogP contribution in [0.3, 0.4) is 0 Å². The highest BCUT2D eigenvalue weighted by molar-refractivity contribution is 7.99. The number of likely N-dealkylation sites (tertiary alicyclic amines) is 1. The molecule has 2 nitrogen and oxygen atoms in total. The van der Waals surface area contributed by atoms with E-state index in [0.29, 0.717) is 11.8 Å². The molecular formula is C11H19NOS. The van der Waals surface area contributed by atoms with E-state index in [1.807, 2.05) is 17.8 Å². The van der Waals surface area contributed by atoms with Gasteiger partial charge in [0.2, 0.25) is 0 Å². The third-order valence-corrected chi connectivity index (χ3v) is 3.53. The van der Waals surface area contributed by atoms with E-state index in [9.17, 15) is 4.79 Å². The zero-order chi connectivity index (χ0) is 10.4. The molecule has 1 aliphatic heterocycles. The van der Waals surface area contributed by atoms with Crippen LogP contribution in [0, 0.1) is 0 Å². The Bertz CT molecular complexity index is 205. The molecule has 0 aliphatic carbocycles. The first-order valence-corrected chi connectivity index (χ1v) is 6.34. The van der Waals surface area contributed by atoms with Gasteiger partial charge in [0, 0.05) is 43.5 Å². The first-order chi connectivity index (χ1) is 6.74. The lowest BCUT2D eigenvalue weighted by molar-refractivity contribution is -0.122. The zero-order valence-electron chi connectivity index (χ0n) is 8.87. The molecule has 0 radical (unpaired) electrons. The molecule has 0 amide bonds. The molecule has 0 aromatic rings. The van der Waals surface area contributed by atoms with Gasteiger partial charge >= 0.3 is 0 Å². The van der Waals surface area contributed by atoms with Crippen molar-refractivity contribution in [3.8, 4) is 0 Å². The Morgan fingerprint density at radius 2 is 2.50 bits per heavy atom. The van der Waals surface area contributed by atoms with Gasteiger partial charge in [-0.25, -0.2) is 0 Å². The SMILES string of the molecule is C=CCSCCN1CCC(=O)CC1C. The fourth-order valence-corrected chi connectivity index (χ4v) is 2.43. The van der Waals surface area contributed by atoms with Gasteiger partial charge in [-0.1, -0.05) is 6.08 Å². The molecule has 1 rings (SSSR count). The van der Waals surface area contributed by atoms with Crippen LogP contribution in [-0.2, 0) is 4.79 Å². The minimum Gasteiger partial charge on any atom is -0.300 e. The lowest BCUT2D eigenvalue weighted by Gasteiger charge is -2.32. The number of carbonyl (C=O) groups is 1. The quantitative estimate of drug-likeness (QED) is 0.514. The van der Waals surface area contributed by atoms with Crippen molar-refractivity contribution in [1.82, 2.24) is 4.90 Å². The molecule has 0 aromatic carbocycles. The Kier molecular flexibility index (Phi) is 5.26. The standard InChI is InChI=1S/C11H19NOS/c1-3-7-14-8-6-12-5-4-11(13)9-10(12)2/h3,10H,1,4-9H2,2H3. The van der Waals surface area contributed by atoms with E-state index in [4.69, 9.17) is 0 Å². The minimum absolute atomic E-state index is 0.424. The van der Waals surface area contributed by atoms with E-state index in [1.54, 1.807) is 0 Å². The summed E-state index contributed by atoms with van der Waals surface area (Å²) in [5.41, 5.74) is 0. The molecule has 1 unspecified atom stereocenters. The monoisotopic (exact) mass is 213 g/mol. The van der Waals surface area contributed by atoms with Gasteiger partial charge in [0.25, 0.3) is 0 Å². The molecule has 1 saturated heterocycles. The smallest absolute Gasteiger partial charge is 0.135 e. The first kappa shape index (κ1) is 11.8. The molecular weight excluding hydrogens is 194 g/mol. The van der Waals surface area contributed by atoms with Crippen molar-refractivity contribution in [2.24, 2.45) is 0 Å². The molecule has 3 heteroatoms. The molecule has 1 aliphatic rings. The summed E-state index contributed by atoms with van der Waals surface area (Å²) in [7, 11) is 0. The third-order valence-electron chi connectivity index (χ3n) is 2.58. The number of carbonyl (C=O) groups excluding carboxylic acids is 1. The van der Waals surface area contributed by atoms with Gasteiger partial charge in [-0.05, 0) is 6.92 Å². The highest BCUT2D eigenvalue weighted by atomic mass is 32.2. The van der Waals surface area contributed by atoms with Crippen LogP contribution in [0.2, 0.25) is 0 Å². The Labute approximate surface area is 90.7 Å². The molecule has 1 fully saturated rings. The highest BCUT2D eigenvalue weighted by Gasteiger charge is 2.22. The van der Waals surface area contributed by atoms with Crippen molar-refractivity contribution < 1.29 is 4.79 Å². The van der Waals surface area contributed by atoms with Crippen LogP contribution >= 0.6 is 11.8 Å². The van der Waals surface area contributed by atoms with E-state index in [1.165, 1.54) is 0 Å². The largest absolute Gasteiger partial charge is 0.300 e. The van der Waals surface area contributed by atoms with Crippen molar-refractivity contribution in [2.45, 2.75) is 25.8 Å². The summed E-state index contributed by atoms with van der Waals surface area (Å²) in [5.74, 6) is 2.60. The van der Waals surface area contributed by atoms with E-state index in [0.717, 1.165) is 37.4 Å². The molecule has 0 N–H and O–H groups in total. The van der Waals surface area contributed by atoms with Gasteiger partial charge < -0.3 is 0 Å². The van der Waals surface area contributed by atoms with Gasteiger partial charge in [0.1, 0.15) is 5.78 Å². The summed E-state index contributed by atoms with van der Waals surface area (Å²) >= 11 is 1.91. The summed E-state index contributed by atoms with van der Waals surface area (Å²) < 4.78 is 0. The second-order valence-corrected chi connectivity index (χ2v) is 4.89. The predicted molar refractivity (Wildman–Crippen MR) is 62.8 cm³/mol. The normalized spacial score (nSPS) is 23.8. The number of piperidine rings is 1. The number of Topliss-reactive ketones (excluding diaryl/α,β-unsaturated/α-hetero) is 1. The minimum atomic E-state index is 0.424. The molecule has 14 heavy (non-hydrogen) atoms. The third kappa shape index (κ3) is 3.84. The molecule has 1 atom stereocenters. The number of thioether (sulfide) groups is 1. The van der Waals surface area contributed by atoms with Crippen LogP contribution in [-0.4, -0.2) is 41.3 Å². The average molecular weight is 213 g/mol. The van der Waals surface area contributed by atoms with E-state index in [2.05, 4.69) is 18.4 Å². The van der Waals surface area contributed by atoms with Crippen LogP contribution in [0.1, 0.15) is 19.8 Å². The van der Waals surface area contributed by atoms with Crippen LogP contribution in [0.4, 0.5) is 0 Å². The van der Waals surface area contributed by atoms with Crippen LogP contribution in [0.15, 0.2) is 12.7 Å². The maximum atomic E-state index is 11.2. The second kappa shape index (κ2) is 6.25. The number of rotatable bonds is 5. The van der Waals surface area contributed by atoms with Gasteiger partial charge in [-0.15, -0.1) is 6.58 Å². The lowest BCUT2D eigenvalue weighted by Crippen LogP contribution is -2.42. The lowest BCUT2D eigenvalue weighted by atomic mass is 10.0. The van der Waals surface area contributed by atoms with E-state index < -0.39 is 0 Å². The average Bonchev–Trinajstić information content (AvgIpc) is 2.15. The maximum Gasteiger partial charge on any atom is 0.135 e. The van der Waals surface area contributed by atoms with E-state index >= 15 is 0 Å². The van der Waals surface area contributed by atoms with Gasteiger partial charge in [-0.2, -0.15) is 11.8 Å². The predicted octanol–water partition coefficient (Wildman–Crippen LogP) is 1.96. The summed E-state index contributed by atoms with van der Waals surface area (Å²) in [6.07, 6.45) is 3.43. The Hall–Kier alpha value is -0.280. The molecule has 1 heterocycles. The van der Waals surface area contributed by atoms with Crippen LogP contribution in [0.25, 0.3) is 0 Å². The Morgan fingerprint density at radius 1 is 1.71 bits per heavy atom. The Morgan fingerprint density at radius 3 is 3.14 bits per heavy atom. The number of nitrogens with zero attached hydrogens (tertiary/aromatic N) is 1. The Balaban J connectivity index is 2.17. The molecule has 0 bridgehead atoms. The molecule has 80 valence electrons. The first-order valence-electron chi connectivity index (χ1n) is 5.18. The molecule has 0 saturated carbocycles. The van der Waals surface area contributed by atoms with Gasteiger partial charge in [-0.3, -0.25) is 9.69 Å². The summed E-state index contributed by atoms with van der Waals surface area (Å²) in [6.45, 7) is 7.90. The topological polar surface area (TPSA) is 20.3 Å². The maximum absolute atomic E-state index is 11.2. The molecule has 0 spiro atoms. The van der Waals surface area contributed by atoms with E-state index in [-0.39, 0.29) is 0 Å². The van der Waals surface area contributed by atoms with Crippen molar-refractivity contribution in [3.63, 3.8) is 0 Å². The second-order valence-electron chi connectivity index (χ2n) is 3.74.